The van der Waals surface area contributed by atoms with E-state index in [4.69, 9.17) is 16.1 Å². The lowest BCUT2D eigenvalue weighted by Gasteiger charge is -2.35. The number of aryl methyl sites for hydroxylation is 2. The number of hydrogen-bond donors (Lipinski definition) is 1. The summed E-state index contributed by atoms with van der Waals surface area (Å²) in [5, 5.41) is 7.92. The predicted octanol–water partition coefficient (Wildman–Crippen LogP) is 6.71. The fourth-order valence-corrected chi connectivity index (χ4v) is 4.30. The first kappa shape index (κ1) is 21.9. The first-order chi connectivity index (χ1) is 16.4. The zero-order chi connectivity index (χ0) is 23.8. The Bertz CT molecular complexity index is 1390. The molecule has 0 saturated carbocycles. The topological polar surface area (TPSA) is 71.3 Å². The van der Waals surface area contributed by atoms with Crippen LogP contribution in [0.2, 0.25) is 5.02 Å². The Hall–Kier alpha value is -3.90. The highest BCUT2D eigenvalue weighted by Gasteiger charge is 2.36. The van der Waals surface area contributed by atoms with Gasteiger partial charge in [-0.25, -0.2) is 4.79 Å². The summed E-state index contributed by atoms with van der Waals surface area (Å²) in [6, 6.07) is 22.5. The smallest absolute Gasteiger partial charge is 0.326 e. The number of anilines is 1. The molecular formula is C27H23ClN4O2. The molecule has 1 atom stereocenters. The number of aromatic nitrogens is 2. The van der Waals surface area contributed by atoms with E-state index in [9.17, 15) is 4.79 Å². The van der Waals surface area contributed by atoms with Crippen LogP contribution in [0.15, 0.2) is 83.0 Å². The summed E-state index contributed by atoms with van der Waals surface area (Å²) in [4.78, 5) is 19.6. The molecule has 0 fully saturated rings. The zero-order valence-corrected chi connectivity index (χ0v) is 19.8. The lowest BCUT2D eigenvalue weighted by Crippen LogP contribution is -2.46. The standard InChI is InChI=1S/C27H23ClN4O2/c1-16-7-11-19(12-8-16)24-23(26-30-25(31-34-26)20-5-4-6-21(28)15-20)18(3)32(27(33)29-24)22-13-9-17(2)10-14-22/h4-15,24H,1-3H3,(H,29,33). The highest BCUT2D eigenvalue weighted by molar-refractivity contribution is 6.30. The molecule has 1 aliphatic heterocycles. The normalized spacial score (nSPS) is 16.1. The lowest BCUT2D eigenvalue weighted by molar-refractivity contribution is 0.244. The molecule has 5 rings (SSSR count). The Labute approximate surface area is 202 Å². The molecule has 1 N–H and O–H groups in total. The Kier molecular flexibility index (Phi) is 5.67. The molecule has 2 amide bonds. The predicted molar refractivity (Wildman–Crippen MR) is 133 cm³/mol. The molecule has 6 nitrogen and oxygen atoms in total. The number of amides is 2. The number of hydrogen-bond acceptors (Lipinski definition) is 4. The molecule has 1 aromatic heterocycles. The second-order valence-electron chi connectivity index (χ2n) is 8.40. The molecule has 0 radical (unpaired) electrons. The molecule has 0 saturated heterocycles. The number of urea groups is 1. The van der Waals surface area contributed by atoms with Gasteiger partial charge in [-0.05, 0) is 50.6 Å². The van der Waals surface area contributed by atoms with Gasteiger partial charge in [-0.2, -0.15) is 4.98 Å². The van der Waals surface area contributed by atoms with Crippen molar-refractivity contribution in [2.24, 2.45) is 0 Å². The number of nitrogens with one attached hydrogen (secondary N) is 1. The van der Waals surface area contributed by atoms with Crippen LogP contribution in [-0.2, 0) is 0 Å². The van der Waals surface area contributed by atoms with E-state index >= 15 is 0 Å². The largest absolute Gasteiger partial charge is 0.334 e. The van der Waals surface area contributed by atoms with Gasteiger partial charge in [-0.1, -0.05) is 76.4 Å². The number of halogens is 1. The van der Waals surface area contributed by atoms with Crippen molar-refractivity contribution in [3.05, 3.63) is 106 Å². The van der Waals surface area contributed by atoms with Crippen LogP contribution in [0.25, 0.3) is 17.0 Å². The van der Waals surface area contributed by atoms with Gasteiger partial charge in [0.15, 0.2) is 0 Å². The maximum atomic E-state index is 13.3. The second kappa shape index (κ2) is 8.80. The average Bonchev–Trinajstić information content (AvgIpc) is 3.30. The number of benzene rings is 3. The Morgan fingerprint density at radius 2 is 1.62 bits per heavy atom. The zero-order valence-electron chi connectivity index (χ0n) is 19.0. The number of rotatable bonds is 4. The molecule has 7 heteroatoms. The van der Waals surface area contributed by atoms with Gasteiger partial charge in [0.2, 0.25) is 5.82 Å². The van der Waals surface area contributed by atoms with E-state index in [0.717, 1.165) is 39.2 Å². The Balaban J connectivity index is 1.65. The minimum Gasteiger partial charge on any atom is -0.334 e. The Morgan fingerprint density at radius 3 is 2.29 bits per heavy atom. The van der Waals surface area contributed by atoms with E-state index in [1.54, 1.807) is 17.0 Å². The van der Waals surface area contributed by atoms with Gasteiger partial charge in [0.25, 0.3) is 5.89 Å². The van der Waals surface area contributed by atoms with Crippen LogP contribution in [0.1, 0.15) is 35.5 Å². The van der Waals surface area contributed by atoms with Crippen molar-refractivity contribution in [3.8, 4) is 11.4 Å². The highest BCUT2D eigenvalue weighted by atomic mass is 35.5. The van der Waals surface area contributed by atoms with Crippen molar-refractivity contribution < 1.29 is 9.32 Å². The average molecular weight is 471 g/mol. The SMILES string of the molecule is CC1=C(c2nc(-c3cccc(Cl)c3)no2)C(c2ccc(C)cc2)NC(=O)N1c1ccc(C)cc1. The summed E-state index contributed by atoms with van der Waals surface area (Å²) in [5.41, 5.74) is 6.15. The maximum Gasteiger partial charge on any atom is 0.326 e. The summed E-state index contributed by atoms with van der Waals surface area (Å²) in [5.74, 6) is 0.773. The molecule has 34 heavy (non-hydrogen) atoms. The van der Waals surface area contributed by atoms with Crippen LogP contribution in [0.5, 0.6) is 0 Å². The van der Waals surface area contributed by atoms with Crippen LogP contribution < -0.4 is 10.2 Å². The van der Waals surface area contributed by atoms with Gasteiger partial charge in [-0.3, -0.25) is 4.90 Å². The summed E-state index contributed by atoms with van der Waals surface area (Å²) >= 11 is 6.15. The van der Waals surface area contributed by atoms with Crippen LogP contribution in [0.3, 0.4) is 0 Å². The molecule has 4 aromatic rings. The minimum atomic E-state index is -0.442. The van der Waals surface area contributed by atoms with Gasteiger partial charge in [0.1, 0.15) is 0 Å². The molecule has 3 aromatic carbocycles. The van der Waals surface area contributed by atoms with E-state index in [0.29, 0.717) is 16.7 Å². The molecule has 0 bridgehead atoms. The number of allylic oxidation sites excluding steroid dienone is 1. The monoisotopic (exact) mass is 470 g/mol. The molecular weight excluding hydrogens is 448 g/mol. The van der Waals surface area contributed by atoms with Crippen molar-refractivity contribution in [3.63, 3.8) is 0 Å². The number of carbonyl (C=O) groups is 1. The van der Waals surface area contributed by atoms with Crippen molar-refractivity contribution in [1.82, 2.24) is 15.5 Å². The summed E-state index contributed by atoms with van der Waals surface area (Å²) in [7, 11) is 0. The second-order valence-corrected chi connectivity index (χ2v) is 8.83. The fraction of sp³-hybridized carbons (Fsp3) is 0.148. The van der Waals surface area contributed by atoms with Crippen molar-refractivity contribution >= 4 is 28.9 Å². The van der Waals surface area contributed by atoms with Gasteiger partial charge >= 0.3 is 6.03 Å². The maximum absolute atomic E-state index is 13.3. The van der Waals surface area contributed by atoms with Gasteiger partial charge < -0.3 is 9.84 Å². The van der Waals surface area contributed by atoms with Crippen molar-refractivity contribution in [1.29, 1.82) is 0 Å². The van der Waals surface area contributed by atoms with Gasteiger partial charge in [-0.15, -0.1) is 0 Å². The van der Waals surface area contributed by atoms with Gasteiger partial charge in [0.05, 0.1) is 17.3 Å². The minimum absolute atomic E-state index is 0.217. The molecule has 2 heterocycles. The number of carbonyl (C=O) groups excluding carboxylic acids is 1. The van der Waals surface area contributed by atoms with E-state index in [2.05, 4.69) is 15.5 Å². The molecule has 0 spiro atoms. The quantitative estimate of drug-likeness (QED) is 0.360. The van der Waals surface area contributed by atoms with Crippen LogP contribution >= 0.6 is 11.6 Å². The number of nitrogens with zero attached hydrogens (tertiary/aromatic N) is 3. The fourth-order valence-electron chi connectivity index (χ4n) is 4.11. The van der Waals surface area contributed by atoms with E-state index in [1.807, 2.05) is 81.4 Å². The first-order valence-electron chi connectivity index (χ1n) is 11.0. The van der Waals surface area contributed by atoms with Crippen LogP contribution in [-0.4, -0.2) is 16.2 Å². The van der Waals surface area contributed by atoms with E-state index in [-0.39, 0.29) is 6.03 Å². The first-order valence-corrected chi connectivity index (χ1v) is 11.3. The van der Waals surface area contributed by atoms with Crippen molar-refractivity contribution in [2.45, 2.75) is 26.8 Å². The molecule has 170 valence electrons. The molecule has 1 aliphatic rings. The summed E-state index contributed by atoms with van der Waals surface area (Å²) < 4.78 is 5.74. The highest BCUT2D eigenvalue weighted by Crippen LogP contribution is 2.39. The lowest BCUT2D eigenvalue weighted by atomic mass is 9.94. The third-order valence-corrected chi connectivity index (χ3v) is 6.16. The molecule has 1 unspecified atom stereocenters. The van der Waals surface area contributed by atoms with Crippen LogP contribution in [0, 0.1) is 13.8 Å². The third kappa shape index (κ3) is 4.08. The van der Waals surface area contributed by atoms with Crippen LogP contribution in [0.4, 0.5) is 10.5 Å². The Morgan fingerprint density at radius 1 is 0.941 bits per heavy atom. The summed E-state index contributed by atoms with van der Waals surface area (Å²) in [6.45, 7) is 5.94. The van der Waals surface area contributed by atoms with Gasteiger partial charge in [0, 0.05) is 16.3 Å². The van der Waals surface area contributed by atoms with E-state index < -0.39 is 6.04 Å². The third-order valence-electron chi connectivity index (χ3n) is 5.93. The van der Waals surface area contributed by atoms with Crippen molar-refractivity contribution in [2.75, 3.05) is 4.90 Å². The summed E-state index contributed by atoms with van der Waals surface area (Å²) in [6.07, 6.45) is 0. The van der Waals surface area contributed by atoms with E-state index in [1.165, 1.54) is 0 Å². The molecule has 0 aliphatic carbocycles.